The normalized spacial score (nSPS) is 10.8. The van der Waals surface area contributed by atoms with Gasteiger partial charge in [0.1, 0.15) is 11.5 Å². The van der Waals surface area contributed by atoms with Gasteiger partial charge < -0.3 is 4.90 Å². The van der Waals surface area contributed by atoms with Crippen LogP contribution in [0.2, 0.25) is 0 Å². The Kier molecular flexibility index (Phi) is 6.18. The number of carbonyl (C=O) groups excluding carboxylic acids is 1. The van der Waals surface area contributed by atoms with Crippen LogP contribution in [0.25, 0.3) is 28.1 Å². The number of carbonyl (C=O) groups is 1. The fraction of sp³-hybridized carbons (Fsp3) is 0.148. The van der Waals surface area contributed by atoms with E-state index in [0.29, 0.717) is 22.4 Å². The molecule has 5 nitrogen and oxygen atoms in total. The molecule has 3 aromatic carbocycles. The Morgan fingerprint density at radius 1 is 0.970 bits per heavy atom. The standard InChI is InChI=1S/C27H24FN3O2/c1-4-18-12-13-19(17-23(18)22-10-5-6-11-24(22)28)26-25(32)14-15-31(29-26)21-9-7-8-20(16-21)27(33)30(2)3/h5-17H,4H2,1-3H3. The number of nitrogens with zero attached hydrogens (tertiary/aromatic N) is 3. The molecular formula is C27H24FN3O2. The van der Waals surface area contributed by atoms with Gasteiger partial charge in [0.15, 0.2) is 0 Å². The Hall–Kier alpha value is -4.06. The van der Waals surface area contributed by atoms with Crippen LogP contribution in [0.4, 0.5) is 4.39 Å². The first-order valence-corrected chi connectivity index (χ1v) is 10.7. The minimum Gasteiger partial charge on any atom is -0.345 e. The molecule has 0 aliphatic rings. The van der Waals surface area contributed by atoms with Gasteiger partial charge in [0, 0.05) is 43.0 Å². The second-order valence-corrected chi connectivity index (χ2v) is 7.93. The van der Waals surface area contributed by atoms with Crippen molar-refractivity contribution in [2.75, 3.05) is 14.1 Å². The first-order chi connectivity index (χ1) is 15.9. The van der Waals surface area contributed by atoms with Gasteiger partial charge in [0.2, 0.25) is 5.43 Å². The number of aryl methyl sites for hydroxylation is 1. The van der Waals surface area contributed by atoms with Gasteiger partial charge in [-0.05, 0) is 47.9 Å². The summed E-state index contributed by atoms with van der Waals surface area (Å²) in [5.41, 5.74) is 4.00. The molecule has 6 heteroatoms. The Morgan fingerprint density at radius 2 is 1.76 bits per heavy atom. The molecule has 0 fully saturated rings. The second-order valence-electron chi connectivity index (χ2n) is 7.93. The first-order valence-electron chi connectivity index (χ1n) is 10.7. The minimum absolute atomic E-state index is 0.122. The van der Waals surface area contributed by atoms with Gasteiger partial charge in [0.25, 0.3) is 5.91 Å². The van der Waals surface area contributed by atoms with Crippen LogP contribution < -0.4 is 5.43 Å². The van der Waals surface area contributed by atoms with E-state index >= 15 is 0 Å². The summed E-state index contributed by atoms with van der Waals surface area (Å²) in [5.74, 6) is -0.437. The molecule has 1 aromatic heterocycles. The van der Waals surface area contributed by atoms with E-state index in [1.54, 1.807) is 61.4 Å². The molecule has 0 aliphatic heterocycles. The fourth-order valence-corrected chi connectivity index (χ4v) is 3.75. The zero-order valence-electron chi connectivity index (χ0n) is 18.7. The zero-order valence-corrected chi connectivity index (χ0v) is 18.7. The van der Waals surface area contributed by atoms with E-state index in [1.165, 1.54) is 17.0 Å². The Balaban J connectivity index is 1.82. The maximum Gasteiger partial charge on any atom is 0.253 e. The highest BCUT2D eigenvalue weighted by Crippen LogP contribution is 2.30. The number of aromatic nitrogens is 2. The fourth-order valence-electron chi connectivity index (χ4n) is 3.75. The summed E-state index contributed by atoms with van der Waals surface area (Å²) in [7, 11) is 3.38. The SMILES string of the molecule is CCc1ccc(-c2nn(-c3cccc(C(=O)N(C)C)c3)ccc2=O)cc1-c1ccccc1F. The van der Waals surface area contributed by atoms with E-state index in [-0.39, 0.29) is 22.8 Å². The van der Waals surface area contributed by atoms with E-state index < -0.39 is 0 Å². The number of halogens is 1. The molecule has 166 valence electrons. The first kappa shape index (κ1) is 22.1. The van der Waals surface area contributed by atoms with Crippen molar-refractivity contribution >= 4 is 5.91 Å². The van der Waals surface area contributed by atoms with Crippen LogP contribution in [-0.2, 0) is 6.42 Å². The summed E-state index contributed by atoms with van der Waals surface area (Å²) < 4.78 is 16.1. The lowest BCUT2D eigenvalue weighted by molar-refractivity contribution is 0.0827. The van der Waals surface area contributed by atoms with Crippen LogP contribution in [0.5, 0.6) is 0 Å². The molecule has 0 saturated heterocycles. The highest BCUT2D eigenvalue weighted by molar-refractivity contribution is 5.94. The predicted octanol–water partition coefficient (Wildman–Crippen LogP) is 4.97. The van der Waals surface area contributed by atoms with Gasteiger partial charge in [-0.2, -0.15) is 5.10 Å². The minimum atomic E-state index is -0.315. The highest BCUT2D eigenvalue weighted by Gasteiger charge is 2.14. The number of amides is 1. The van der Waals surface area contributed by atoms with Crippen molar-refractivity contribution in [2.45, 2.75) is 13.3 Å². The number of rotatable bonds is 5. The number of hydrogen-bond acceptors (Lipinski definition) is 3. The van der Waals surface area contributed by atoms with Crippen molar-refractivity contribution in [1.29, 1.82) is 0 Å². The van der Waals surface area contributed by atoms with Gasteiger partial charge in [0.05, 0.1) is 5.69 Å². The molecule has 0 saturated carbocycles. The monoisotopic (exact) mass is 441 g/mol. The predicted molar refractivity (Wildman–Crippen MR) is 128 cm³/mol. The molecule has 0 spiro atoms. The molecular weight excluding hydrogens is 417 g/mol. The Labute approximate surface area is 191 Å². The summed E-state index contributed by atoms with van der Waals surface area (Å²) in [6.07, 6.45) is 2.30. The Morgan fingerprint density at radius 3 is 2.48 bits per heavy atom. The van der Waals surface area contributed by atoms with E-state index in [4.69, 9.17) is 0 Å². The van der Waals surface area contributed by atoms with E-state index in [1.807, 2.05) is 31.2 Å². The van der Waals surface area contributed by atoms with Crippen molar-refractivity contribution in [1.82, 2.24) is 14.7 Å². The molecule has 0 bridgehead atoms. The molecule has 33 heavy (non-hydrogen) atoms. The molecule has 1 heterocycles. The maximum absolute atomic E-state index is 14.5. The number of benzene rings is 3. The molecule has 4 rings (SSSR count). The van der Waals surface area contributed by atoms with Crippen molar-refractivity contribution in [3.05, 3.63) is 106 Å². The average molecular weight is 442 g/mol. The summed E-state index contributed by atoms with van der Waals surface area (Å²) in [5, 5.41) is 4.56. The third-order valence-electron chi connectivity index (χ3n) is 5.50. The molecule has 0 aliphatic carbocycles. The van der Waals surface area contributed by atoms with Crippen LogP contribution >= 0.6 is 0 Å². The maximum atomic E-state index is 14.5. The average Bonchev–Trinajstić information content (AvgIpc) is 2.84. The molecule has 4 aromatic rings. The second kappa shape index (κ2) is 9.20. The quantitative estimate of drug-likeness (QED) is 0.439. The largest absolute Gasteiger partial charge is 0.345 e. The molecule has 1 amide bonds. The lowest BCUT2D eigenvalue weighted by atomic mass is 9.94. The summed E-state index contributed by atoms with van der Waals surface area (Å²) in [4.78, 5) is 26.6. The van der Waals surface area contributed by atoms with Crippen molar-refractivity contribution < 1.29 is 9.18 Å². The van der Waals surface area contributed by atoms with Crippen LogP contribution in [-0.4, -0.2) is 34.7 Å². The lowest BCUT2D eigenvalue weighted by Crippen LogP contribution is -2.22. The molecule has 0 atom stereocenters. The van der Waals surface area contributed by atoms with Crippen LogP contribution in [0, 0.1) is 5.82 Å². The third-order valence-corrected chi connectivity index (χ3v) is 5.50. The van der Waals surface area contributed by atoms with Gasteiger partial charge >= 0.3 is 0 Å². The van der Waals surface area contributed by atoms with Crippen LogP contribution in [0.3, 0.4) is 0 Å². The van der Waals surface area contributed by atoms with Crippen molar-refractivity contribution in [3.63, 3.8) is 0 Å². The Bertz CT molecular complexity index is 1390. The van der Waals surface area contributed by atoms with Gasteiger partial charge in [-0.15, -0.1) is 0 Å². The van der Waals surface area contributed by atoms with Crippen molar-refractivity contribution in [2.24, 2.45) is 0 Å². The number of hydrogen-bond donors (Lipinski definition) is 0. The van der Waals surface area contributed by atoms with Crippen LogP contribution in [0.1, 0.15) is 22.8 Å². The van der Waals surface area contributed by atoms with Crippen molar-refractivity contribution in [3.8, 4) is 28.1 Å². The third kappa shape index (κ3) is 4.46. The summed E-state index contributed by atoms with van der Waals surface area (Å²) in [6.45, 7) is 2.01. The van der Waals surface area contributed by atoms with E-state index in [9.17, 15) is 14.0 Å². The van der Waals surface area contributed by atoms with Crippen LogP contribution in [0.15, 0.2) is 83.8 Å². The molecule has 0 radical (unpaired) electrons. The molecule has 0 N–H and O–H groups in total. The lowest BCUT2D eigenvalue weighted by Gasteiger charge is -2.14. The smallest absolute Gasteiger partial charge is 0.253 e. The topological polar surface area (TPSA) is 55.2 Å². The summed E-state index contributed by atoms with van der Waals surface area (Å²) >= 11 is 0. The van der Waals surface area contributed by atoms with Gasteiger partial charge in [-0.3, -0.25) is 9.59 Å². The van der Waals surface area contributed by atoms with Gasteiger partial charge in [-0.1, -0.05) is 43.3 Å². The van der Waals surface area contributed by atoms with E-state index in [0.717, 1.165) is 17.5 Å². The molecule has 0 unspecified atom stereocenters. The van der Waals surface area contributed by atoms with E-state index in [2.05, 4.69) is 5.10 Å². The summed E-state index contributed by atoms with van der Waals surface area (Å²) in [6, 6.07) is 20.7. The zero-order chi connectivity index (χ0) is 23.5. The highest BCUT2D eigenvalue weighted by atomic mass is 19.1. The van der Waals surface area contributed by atoms with Gasteiger partial charge in [-0.25, -0.2) is 9.07 Å².